The largest absolute Gasteiger partial charge is 0.446 e. The average molecular weight is 263 g/mol. The molecule has 96 valence electrons. The van der Waals surface area contributed by atoms with E-state index in [2.05, 4.69) is 6.58 Å². The fraction of sp³-hybridized carbons (Fsp3) is 0.357. The van der Waals surface area contributed by atoms with Crippen LogP contribution in [0.15, 0.2) is 47.9 Å². The van der Waals surface area contributed by atoms with Gasteiger partial charge in [-0.2, -0.15) is 0 Å². The first-order valence-corrected chi connectivity index (χ1v) is 6.88. The van der Waals surface area contributed by atoms with Crippen molar-refractivity contribution in [2.75, 3.05) is 6.61 Å². The van der Waals surface area contributed by atoms with Crippen LogP contribution in [0.3, 0.4) is 0 Å². The Morgan fingerprint density at radius 2 is 2.28 bits per heavy atom. The highest BCUT2D eigenvalue weighted by Gasteiger charge is 2.36. The molecule has 0 saturated carbocycles. The second-order valence-electron chi connectivity index (χ2n) is 4.24. The number of thioether (sulfide) groups is 1. The zero-order chi connectivity index (χ0) is 13.0. The summed E-state index contributed by atoms with van der Waals surface area (Å²) in [5, 5.41) is 0.0508. The van der Waals surface area contributed by atoms with Crippen LogP contribution >= 0.6 is 11.8 Å². The average Bonchev–Trinajstić information content (AvgIpc) is 2.72. The molecule has 0 spiro atoms. The maximum absolute atomic E-state index is 11.7. The molecule has 0 bridgehead atoms. The summed E-state index contributed by atoms with van der Waals surface area (Å²) < 4.78 is 5.15. The lowest BCUT2D eigenvalue weighted by Crippen LogP contribution is -2.38. The van der Waals surface area contributed by atoms with E-state index in [0.29, 0.717) is 6.61 Å². The van der Waals surface area contributed by atoms with Gasteiger partial charge in [0.25, 0.3) is 0 Å². The lowest BCUT2D eigenvalue weighted by Gasteiger charge is -2.26. The van der Waals surface area contributed by atoms with Gasteiger partial charge >= 0.3 is 6.09 Å². The van der Waals surface area contributed by atoms with Crippen LogP contribution in [0.4, 0.5) is 4.79 Å². The second-order valence-corrected chi connectivity index (χ2v) is 5.49. The maximum atomic E-state index is 11.7. The van der Waals surface area contributed by atoms with Crippen LogP contribution < -0.4 is 0 Å². The summed E-state index contributed by atoms with van der Waals surface area (Å²) in [7, 11) is 0. The molecule has 18 heavy (non-hydrogen) atoms. The van der Waals surface area contributed by atoms with Crippen molar-refractivity contribution < 1.29 is 9.53 Å². The molecule has 1 heterocycles. The predicted molar refractivity (Wildman–Crippen MR) is 73.6 cm³/mol. The zero-order valence-electron chi connectivity index (χ0n) is 10.4. The van der Waals surface area contributed by atoms with Gasteiger partial charge in [0, 0.05) is 10.9 Å². The molecule has 0 N–H and O–H groups in total. The second kappa shape index (κ2) is 5.96. The molecule has 0 aromatic heterocycles. The fourth-order valence-corrected chi connectivity index (χ4v) is 3.15. The summed E-state index contributed by atoms with van der Waals surface area (Å²) in [4.78, 5) is 14.7. The van der Waals surface area contributed by atoms with Crippen molar-refractivity contribution in [3.05, 3.63) is 43.0 Å². The molecule has 2 rings (SSSR count). The Balaban J connectivity index is 2.07. The monoisotopic (exact) mass is 263 g/mol. The highest BCUT2D eigenvalue weighted by Crippen LogP contribution is 2.31. The van der Waals surface area contributed by atoms with Crippen molar-refractivity contribution in [3.8, 4) is 0 Å². The Bertz CT molecular complexity index is 421. The Morgan fingerprint density at radius 1 is 1.56 bits per heavy atom. The number of amides is 1. The Morgan fingerprint density at radius 3 is 2.94 bits per heavy atom. The highest BCUT2D eigenvalue weighted by molar-refractivity contribution is 8.00. The SMILES string of the molecule is C=CCC(C)N1C(=O)OCC1Sc1ccccc1. The van der Waals surface area contributed by atoms with Gasteiger partial charge in [-0.15, -0.1) is 6.58 Å². The van der Waals surface area contributed by atoms with E-state index in [1.165, 1.54) is 0 Å². The number of nitrogens with zero attached hydrogens (tertiary/aromatic N) is 1. The van der Waals surface area contributed by atoms with Crippen molar-refractivity contribution in [2.24, 2.45) is 0 Å². The van der Waals surface area contributed by atoms with Crippen LogP contribution in [0.25, 0.3) is 0 Å². The predicted octanol–water partition coefficient (Wildman–Crippen LogP) is 3.52. The Hall–Kier alpha value is -1.42. The minimum Gasteiger partial charge on any atom is -0.446 e. The van der Waals surface area contributed by atoms with Gasteiger partial charge in [0.1, 0.15) is 12.0 Å². The van der Waals surface area contributed by atoms with E-state index in [1.807, 2.05) is 43.3 Å². The number of carbonyl (C=O) groups is 1. The lowest BCUT2D eigenvalue weighted by molar-refractivity contribution is 0.149. The molecule has 1 amide bonds. The molecule has 1 aliphatic heterocycles. The van der Waals surface area contributed by atoms with Gasteiger partial charge < -0.3 is 4.74 Å². The number of hydrogen-bond acceptors (Lipinski definition) is 3. The maximum Gasteiger partial charge on any atom is 0.411 e. The van der Waals surface area contributed by atoms with Gasteiger partial charge in [-0.25, -0.2) is 4.79 Å². The summed E-state index contributed by atoms with van der Waals surface area (Å²) in [5.41, 5.74) is 0. The van der Waals surface area contributed by atoms with Gasteiger partial charge in [0.15, 0.2) is 0 Å². The third kappa shape index (κ3) is 2.88. The quantitative estimate of drug-likeness (QED) is 0.761. The van der Waals surface area contributed by atoms with Gasteiger partial charge in [0.2, 0.25) is 0 Å². The van der Waals surface area contributed by atoms with Crippen LogP contribution in [-0.2, 0) is 4.74 Å². The molecule has 1 fully saturated rings. The Labute approximate surface area is 112 Å². The number of ether oxygens (including phenoxy) is 1. The third-order valence-corrected chi connectivity index (χ3v) is 4.05. The topological polar surface area (TPSA) is 29.5 Å². The van der Waals surface area contributed by atoms with Crippen LogP contribution in [0.1, 0.15) is 13.3 Å². The van der Waals surface area contributed by atoms with Crippen LogP contribution in [0.2, 0.25) is 0 Å². The first kappa shape index (κ1) is 13.0. The van der Waals surface area contributed by atoms with Crippen molar-refractivity contribution in [2.45, 2.75) is 29.7 Å². The number of cyclic esters (lactones) is 1. The molecule has 1 aromatic carbocycles. The van der Waals surface area contributed by atoms with E-state index < -0.39 is 0 Å². The molecule has 3 nitrogen and oxygen atoms in total. The standard InChI is InChI=1S/C14H17NO2S/c1-3-7-11(2)15-13(10-17-14(15)16)18-12-8-5-4-6-9-12/h3-6,8-9,11,13H,1,7,10H2,2H3. The van der Waals surface area contributed by atoms with E-state index in [9.17, 15) is 4.79 Å². The van der Waals surface area contributed by atoms with E-state index in [4.69, 9.17) is 4.74 Å². The molecule has 2 atom stereocenters. The number of benzene rings is 1. The number of hydrogen-bond donors (Lipinski definition) is 0. The van der Waals surface area contributed by atoms with Gasteiger partial charge in [-0.1, -0.05) is 36.0 Å². The molecule has 4 heteroatoms. The molecule has 1 saturated heterocycles. The smallest absolute Gasteiger partial charge is 0.411 e. The first-order valence-electron chi connectivity index (χ1n) is 6.00. The van der Waals surface area contributed by atoms with Crippen LogP contribution in [0, 0.1) is 0 Å². The van der Waals surface area contributed by atoms with Crippen molar-refractivity contribution in [1.29, 1.82) is 0 Å². The number of carbonyl (C=O) groups excluding carboxylic acids is 1. The summed E-state index contributed by atoms with van der Waals surface area (Å²) in [5.74, 6) is 0. The van der Waals surface area contributed by atoms with Crippen LogP contribution in [0.5, 0.6) is 0 Å². The lowest BCUT2D eigenvalue weighted by atomic mass is 10.2. The molecule has 1 aliphatic rings. The van der Waals surface area contributed by atoms with Crippen molar-refractivity contribution in [3.63, 3.8) is 0 Å². The molecular weight excluding hydrogens is 246 g/mol. The molecule has 0 radical (unpaired) electrons. The van der Waals surface area contributed by atoms with Crippen molar-refractivity contribution in [1.82, 2.24) is 4.90 Å². The fourth-order valence-electron chi connectivity index (χ4n) is 1.98. The van der Waals surface area contributed by atoms with E-state index >= 15 is 0 Å². The minimum atomic E-state index is -0.224. The molecule has 2 unspecified atom stereocenters. The Kier molecular flexibility index (Phi) is 4.31. The molecule has 1 aromatic rings. The van der Waals surface area contributed by atoms with Crippen molar-refractivity contribution >= 4 is 17.9 Å². The summed E-state index contributed by atoms with van der Waals surface area (Å²) >= 11 is 1.66. The number of rotatable bonds is 5. The van der Waals surface area contributed by atoms with Gasteiger partial charge in [-0.3, -0.25) is 4.90 Å². The van der Waals surface area contributed by atoms with E-state index in [1.54, 1.807) is 16.7 Å². The third-order valence-electron chi connectivity index (χ3n) is 2.87. The van der Waals surface area contributed by atoms with E-state index in [0.717, 1.165) is 11.3 Å². The van der Waals surface area contributed by atoms with Gasteiger partial charge in [0.05, 0.1) is 0 Å². The molecular formula is C14H17NO2S. The summed E-state index contributed by atoms with van der Waals surface area (Å²) in [6.45, 7) is 6.19. The van der Waals surface area contributed by atoms with Gasteiger partial charge in [-0.05, 0) is 25.5 Å². The summed E-state index contributed by atoms with van der Waals surface area (Å²) in [6, 6.07) is 10.2. The minimum absolute atomic E-state index is 0.0508. The zero-order valence-corrected chi connectivity index (χ0v) is 11.2. The molecule has 0 aliphatic carbocycles. The normalized spacial score (nSPS) is 20.6. The highest BCUT2D eigenvalue weighted by atomic mass is 32.2. The summed E-state index contributed by atoms with van der Waals surface area (Å²) in [6.07, 6.45) is 2.39. The van der Waals surface area contributed by atoms with Crippen LogP contribution in [-0.4, -0.2) is 29.0 Å². The first-order chi connectivity index (χ1) is 8.72. The van der Waals surface area contributed by atoms with E-state index in [-0.39, 0.29) is 17.5 Å².